The molecule has 0 amide bonds. The number of hydrogen-bond donors (Lipinski definition) is 3. The van der Waals surface area contributed by atoms with Gasteiger partial charge in [0, 0.05) is 5.39 Å². The molecule has 0 saturated heterocycles. The Labute approximate surface area is 170 Å². The molecule has 0 aliphatic rings. The first kappa shape index (κ1) is 20.7. The third-order valence-corrected chi connectivity index (χ3v) is 6.92. The fraction of sp³-hybridized carbons (Fsp3) is 0.100. The van der Waals surface area contributed by atoms with Crippen LogP contribution in [0.1, 0.15) is 15.9 Å². The van der Waals surface area contributed by atoms with Gasteiger partial charge in [-0.05, 0) is 41.3 Å². The molecule has 0 unspecified atom stereocenters. The van der Waals surface area contributed by atoms with E-state index in [0.29, 0.717) is 16.3 Å². The SMILES string of the molecule is O=C(O)CSc1cc(CS(=O)(=O)c2ccc(C(=O)O)cc2)c2ccccc2c1O. The van der Waals surface area contributed by atoms with Gasteiger partial charge in [-0.15, -0.1) is 11.8 Å². The van der Waals surface area contributed by atoms with Crippen LogP contribution in [0.3, 0.4) is 0 Å². The Hall–Kier alpha value is -3.04. The summed E-state index contributed by atoms with van der Waals surface area (Å²) >= 11 is 0.901. The van der Waals surface area contributed by atoms with Crippen LogP contribution in [0.4, 0.5) is 0 Å². The van der Waals surface area contributed by atoms with Gasteiger partial charge in [-0.2, -0.15) is 0 Å². The van der Waals surface area contributed by atoms with Gasteiger partial charge >= 0.3 is 11.9 Å². The van der Waals surface area contributed by atoms with E-state index in [9.17, 15) is 23.1 Å². The van der Waals surface area contributed by atoms with Crippen LogP contribution in [-0.4, -0.2) is 41.4 Å². The Morgan fingerprint density at radius 3 is 2.14 bits per heavy atom. The number of carboxylic acid groups (broad SMARTS) is 2. The number of carbonyl (C=O) groups is 2. The van der Waals surface area contributed by atoms with Crippen LogP contribution < -0.4 is 0 Å². The van der Waals surface area contributed by atoms with E-state index in [-0.39, 0.29) is 32.6 Å². The number of aromatic carboxylic acids is 1. The summed E-state index contributed by atoms with van der Waals surface area (Å²) in [5, 5.41) is 29.3. The number of benzene rings is 3. The summed E-state index contributed by atoms with van der Waals surface area (Å²) in [6, 6.07) is 13.1. The largest absolute Gasteiger partial charge is 0.506 e. The van der Waals surface area contributed by atoms with Crippen molar-refractivity contribution < 1.29 is 33.3 Å². The number of carboxylic acids is 2. The van der Waals surface area contributed by atoms with Gasteiger partial charge in [0.1, 0.15) is 5.75 Å². The second kappa shape index (κ2) is 8.14. The topological polar surface area (TPSA) is 129 Å². The van der Waals surface area contributed by atoms with Gasteiger partial charge in [-0.3, -0.25) is 4.79 Å². The summed E-state index contributed by atoms with van der Waals surface area (Å²) in [7, 11) is -3.81. The maximum absolute atomic E-state index is 12.9. The highest BCUT2D eigenvalue weighted by molar-refractivity contribution is 8.00. The van der Waals surface area contributed by atoms with Gasteiger partial charge in [-0.25, -0.2) is 13.2 Å². The standard InChI is InChI=1S/C20H16O7S2/c21-18(22)10-28-17-9-13(15-3-1-2-4-16(15)19(17)23)11-29(26,27)14-7-5-12(6-8-14)20(24)25/h1-9,23H,10-11H2,(H,21,22)(H,24,25). The molecule has 0 saturated carbocycles. The first-order valence-corrected chi connectivity index (χ1v) is 11.0. The van der Waals surface area contributed by atoms with E-state index in [0.717, 1.165) is 11.8 Å². The molecule has 0 radical (unpaired) electrons. The molecular weight excluding hydrogens is 416 g/mol. The summed E-state index contributed by atoms with van der Waals surface area (Å²) < 4.78 is 25.8. The average Bonchev–Trinajstić information content (AvgIpc) is 2.69. The normalized spacial score (nSPS) is 11.4. The van der Waals surface area contributed by atoms with Crippen LogP contribution in [0, 0.1) is 0 Å². The van der Waals surface area contributed by atoms with E-state index in [1.54, 1.807) is 24.3 Å². The van der Waals surface area contributed by atoms with Gasteiger partial charge < -0.3 is 15.3 Å². The molecule has 7 nitrogen and oxygen atoms in total. The molecule has 0 bridgehead atoms. The minimum absolute atomic E-state index is 0.0219. The van der Waals surface area contributed by atoms with Crippen molar-refractivity contribution in [2.45, 2.75) is 15.5 Å². The lowest BCUT2D eigenvalue weighted by Gasteiger charge is -2.13. The van der Waals surface area contributed by atoms with Crippen molar-refractivity contribution in [2.24, 2.45) is 0 Å². The number of phenols is 1. The Kier molecular flexibility index (Phi) is 5.81. The lowest BCUT2D eigenvalue weighted by atomic mass is 10.0. The number of aliphatic carboxylic acids is 1. The summed E-state index contributed by atoms with van der Waals surface area (Å²) in [6.45, 7) is 0. The monoisotopic (exact) mass is 432 g/mol. The number of sulfone groups is 1. The van der Waals surface area contributed by atoms with Gasteiger partial charge in [0.2, 0.25) is 0 Å². The first-order chi connectivity index (χ1) is 13.7. The summed E-state index contributed by atoms with van der Waals surface area (Å²) in [5.41, 5.74) is 0.389. The predicted octanol–water partition coefficient (Wildman–Crippen LogP) is 3.39. The molecule has 0 fully saturated rings. The molecule has 0 spiro atoms. The van der Waals surface area contributed by atoms with Crippen molar-refractivity contribution in [3.8, 4) is 5.75 Å². The summed E-state index contributed by atoms with van der Waals surface area (Å²) in [6.07, 6.45) is 0. The van der Waals surface area contributed by atoms with Crippen LogP contribution in [-0.2, 0) is 20.4 Å². The van der Waals surface area contributed by atoms with Crippen molar-refractivity contribution in [2.75, 3.05) is 5.75 Å². The lowest BCUT2D eigenvalue weighted by Crippen LogP contribution is -2.07. The Morgan fingerprint density at radius 2 is 1.55 bits per heavy atom. The second-order valence-electron chi connectivity index (χ2n) is 6.20. The number of thioether (sulfide) groups is 1. The van der Waals surface area contributed by atoms with Crippen LogP contribution in [0.2, 0.25) is 0 Å². The molecule has 0 aliphatic carbocycles. The van der Waals surface area contributed by atoms with Crippen LogP contribution in [0.15, 0.2) is 64.4 Å². The summed E-state index contributed by atoms with van der Waals surface area (Å²) in [4.78, 5) is 22.1. The number of fused-ring (bicyclic) bond motifs is 1. The number of hydrogen-bond acceptors (Lipinski definition) is 6. The van der Waals surface area contributed by atoms with Crippen molar-refractivity contribution >= 4 is 44.3 Å². The molecule has 3 N–H and O–H groups in total. The van der Waals surface area contributed by atoms with Gasteiger partial charge in [0.15, 0.2) is 9.84 Å². The summed E-state index contributed by atoms with van der Waals surface area (Å²) in [5.74, 6) is -2.98. The average molecular weight is 432 g/mol. The third-order valence-electron chi connectivity index (χ3n) is 4.22. The maximum atomic E-state index is 12.9. The molecule has 150 valence electrons. The van der Waals surface area contributed by atoms with E-state index in [1.165, 1.54) is 30.3 Å². The Balaban J connectivity index is 2.05. The van der Waals surface area contributed by atoms with Crippen molar-refractivity contribution in [3.63, 3.8) is 0 Å². The molecule has 0 aromatic heterocycles. The van der Waals surface area contributed by atoms with E-state index < -0.39 is 21.8 Å². The smallest absolute Gasteiger partial charge is 0.335 e. The van der Waals surface area contributed by atoms with Crippen molar-refractivity contribution in [3.05, 3.63) is 65.7 Å². The highest BCUT2D eigenvalue weighted by Crippen LogP contribution is 2.38. The van der Waals surface area contributed by atoms with Crippen LogP contribution in [0.25, 0.3) is 10.8 Å². The lowest BCUT2D eigenvalue weighted by molar-refractivity contribution is -0.133. The highest BCUT2D eigenvalue weighted by atomic mass is 32.2. The van der Waals surface area contributed by atoms with E-state index >= 15 is 0 Å². The molecule has 0 atom stereocenters. The number of phenolic OH excluding ortho intramolecular Hbond substituents is 1. The van der Waals surface area contributed by atoms with Gasteiger partial charge in [-0.1, -0.05) is 24.3 Å². The molecule has 0 aliphatic heterocycles. The van der Waals surface area contributed by atoms with E-state index in [1.807, 2.05) is 0 Å². The molecule has 3 rings (SSSR count). The maximum Gasteiger partial charge on any atom is 0.335 e. The molecular formula is C20H16O7S2. The number of aromatic hydroxyl groups is 1. The quantitative estimate of drug-likeness (QED) is 0.485. The van der Waals surface area contributed by atoms with Gasteiger partial charge in [0.05, 0.1) is 26.9 Å². The zero-order chi connectivity index (χ0) is 21.2. The van der Waals surface area contributed by atoms with Crippen LogP contribution in [0.5, 0.6) is 5.75 Å². The molecule has 3 aromatic carbocycles. The molecule has 29 heavy (non-hydrogen) atoms. The Morgan fingerprint density at radius 1 is 0.931 bits per heavy atom. The molecule has 0 heterocycles. The van der Waals surface area contributed by atoms with E-state index in [2.05, 4.69) is 0 Å². The minimum atomic E-state index is -3.81. The van der Waals surface area contributed by atoms with Crippen LogP contribution >= 0.6 is 11.8 Å². The molecule has 9 heteroatoms. The first-order valence-electron chi connectivity index (χ1n) is 8.33. The van der Waals surface area contributed by atoms with Crippen molar-refractivity contribution in [1.29, 1.82) is 0 Å². The second-order valence-corrected chi connectivity index (χ2v) is 9.21. The Bertz CT molecular complexity index is 1200. The predicted molar refractivity (Wildman–Crippen MR) is 108 cm³/mol. The van der Waals surface area contributed by atoms with Crippen molar-refractivity contribution in [1.82, 2.24) is 0 Å². The number of rotatable bonds is 7. The zero-order valence-electron chi connectivity index (χ0n) is 14.9. The fourth-order valence-electron chi connectivity index (χ4n) is 2.87. The minimum Gasteiger partial charge on any atom is -0.506 e. The highest BCUT2D eigenvalue weighted by Gasteiger charge is 2.20. The van der Waals surface area contributed by atoms with E-state index in [4.69, 9.17) is 10.2 Å². The zero-order valence-corrected chi connectivity index (χ0v) is 16.5. The van der Waals surface area contributed by atoms with Gasteiger partial charge in [0.25, 0.3) is 0 Å². The molecule has 3 aromatic rings. The fourth-order valence-corrected chi connectivity index (χ4v) is 4.99. The third kappa shape index (κ3) is 4.52.